The Labute approximate surface area is 213 Å². The number of aromatic nitrogens is 5. The van der Waals surface area contributed by atoms with E-state index in [1.165, 1.54) is 20.2 Å². The molecule has 2 amide bonds. The number of carbonyl (C=O) groups excluding carboxylic acids is 2. The van der Waals surface area contributed by atoms with E-state index in [-0.39, 0.29) is 18.4 Å². The number of nitrogens with one attached hydrogen (secondary N) is 3. The molecule has 1 aliphatic heterocycles. The Morgan fingerprint density at radius 2 is 2.11 bits per heavy atom. The Hall–Kier alpha value is -3.15. The van der Waals surface area contributed by atoms with E-state index in [0.29, 0.717) is 23.2 Å². The van der Waals surface area contributed by atoms with Crippen molar-refractivity contribution in [3.8, 4) is 0 Å². The van der Waals surface area contributed by atoms with Crippen molar-refractivity contribution in [3.05, 3.63) is 41.0 Å². The van der Waals surface area contributed by atoms with E-state index in [2.05, 4.69) is 31.2 Å². The van der Waals surface area contributed by atoms with Gasteiger partial charge in [0.05, 0.1) is 17.9 Å². The van der Waals surface area contributed by atoms with Crippen molar-refractivity contribution in [2.45, 2.75) is 51.2 Å². The fourth-order valence-corrected chi connectivity index (χ4v) is 5.82. The number of aryl methyl sites for hydroxylation is 2. The molecule has 1 saturated carbocycles. The van der Waals surface area contributed by atoms with Gasteiger partial charge >= 0.3 is 0 Å². The Kier molecular flexibility index (Phi) is 6.17. The molecule has 2 aromatic heterocycles. The summed E-state index contributed by atoms with van der Waals surface area (Å²) in [6, 6.07) is 1.86. The zero-order valence-corrected chi connectivity index (χ0v) is 21.7. The Balaban J connectivity index is 1.63. The molecule has 0 aromatic carbocycles. The summed E-state index contributed by atoms with van der Waals surface area (Å²) in [6.45, 7) is 4.53. The lowest BCUT2D eigenvalue weighted by Gasteiger charge is -2.37. The summed E-state index contributed by atoms with van der Waals surface area (Å²) in [4.78, 5) is 27.1. The normalized spacial score (nSPS) is 21.8. The largest absolute Gasteiger partial charge is 0.350 e. The van der Waals surface area contributed by atoms with Crippen molar-refractivity contribution >= 4 is 35.3 Å². The van der Waals surface area contributed by atoms with Crippen LogP contribution in [0.2, 0.25) is 0 Å². The first-order chi connectivity index (χ1) is 17.1. The summed E-state index contributed by atoms with van der Waals surface area (Å²) in [5, 5.41) is 21.9. The molecule has 0 spiro atoms. The highest BCUT2D eigenvalue weighted by molar-refractivity contribution is 7.99. The van der Waals surface area contributed by atoms with Gasteiger partial charge in [0.1, 0.15) is 17.8 Å². The summed E-state index contributed by atoms with van der Waals surface area (Å²) in [5.74, 6) is 1.87. The first kappa shape index (κ1) is 24.5. The number of allylic oxidation sites excluding steroid dienone is 2. The van der Waals surface area contributed by atoms with Crippen LogP contribution in [0, 0.1) is 12.8 Å². The van der Waals surface area contributed by atoms with E-state index >= 15 is 0 Å². The first-order valence-corrected chi connectivity index (χ1v) is 13.2. The van der Waals surface area contributed by atoms with Crippen LogP contribution in [0.5, 0.6) is 0 Å². The van der Waals surface area contributed by atoms with Gasteiger partial charge in [0.15, 0.2) is 5.54 Å². The highest BCUT2D eigenvalue weighted by Gasteiger charge is 2.54. The Morgan fingerprint density at radius 3 is 2.78 bits per heavy atom. The van der Waals surface area contributed by atoms with Crippen molar-refractivity contribution < 1.29 is 14.0 Å². The van der Waals surface area contributed by atoms with Crippen LogP contribution < -0.4 is 16.0 Å². The molecule has 12 heteroatoms. The molecule has 3 heterocycles. The second kappa shape index (κ2) is 9.06. The fraction of sp³-hybridized carbons (Fsp3) is 0.542. The molecule has 192 valence electrons. The average Bonchev–Trinajstić information content (AvgIpc) is 3.38. The van der Waals surface area contributed by atoms with Gasteiger partial charge in [0, 0.05) is 24.8 Å². The van der Waals surface area contributed by atoms with Crippen LogP contribution in [0.1, 0.15) is 38.8 Å². The topological polar surface area (TPSA) is 119 Å². The van der Waals surface area contributed by atoms with Crippen LogP contribution in [-0.2, 0) is 22.2 Å². The maximum atomic E-state index is 14.5. The van der Waals surface area contributed by atoms with E-state index in [0.717, 1.165) is 41.9 Å². The number of anilines is 2. The minimum absolute atomic E-state index is 0.0561. The lowest BCUT2D eigenvalue weighted by molar-refractivity contribution is -0.127. The molecule has 1 atom stereocenters. The van der Waals surface area contributed by atoms with Gasteiger partial charge in [-0.25, -0.2) is 4.39 Å². The quantitative estimate of drug-likeness (QED) is 0.495. The first-order valence-electron chi connectivity index (χ1n) is 12.1. The van der Waals surface area contributed by atoms with Crippen LogP contribution in [0.4, 0.5) is 16.2 Å². The number of halogens is 1. The highest BCUT2D eigenvalue weighted by atomic mass is 32.2. The molecular formula is C24H31FN8O2S. The Bertz CT molecular complexity index is 1270. The third-order valence-electron chi connectivity index (χ3n) is 6.65. The third-order valence-corrected chi connectivity index (χ3v) is 7.64. The van der Waals surface area contributed by atoms with Gasteiger partial charge in [-0.05, 0) is 63.0 Å². The van der Waals surface area contributed by atoms with Crippen molar-refractivity contribution in [1.29, 1.82) is 0 Å². The van der Waals surface area contributed by atoms with Crippen LogP contribution in [0.25, 0.3) is 0 Å². The minimum atomic E-state index is -1.62. The fourth-order valence-electron chi connectivity index (χ4n) is 4.71. The molecule has 5 rings (SSSR count). The second-order valence-corrected chi connectivity index (χ2v) is 11.3. The zero-order valence-electron chi connectivity index (χ0n) is 20.9. The number of hydrogen-bond donors (Lipinski definition) is 3. The molecule has 2 aliphatic carbocycles. The molecule has 1 fully saturated rings. The lowest BCUT2D eigenvalue weighted by Crippen LogP contribution is -2.56. The van der Waals surface area contributed by atoms with Gasteiger partial charge in [-0.1, -0.05) is 0 Å². The van der Waals surface area contributed by atoms with Gasteiger partial charge in [0.25, 0.3) is 5.91 Å². The average molecular weight is 515 g/mol. The van der Waals surface area contributed by atoms with Crippen molar-refractivity contribution in [1.82, 2.24) is 35.2 Å². The van der Waals surface area contributed by atoms with Gasteiger partial charge in [-0.3, -0.25) is 18.8 Å². The van der Waals surface area contributed by atoms with E-state index in [1.54, 1.807) is 28.1 Å². The summed E-state index contributed by atoms with van der Waals surface area (Å²) in [6.07, 6.45) is 5.82. The molecule has 0 bridgehead atoms. The molecule has 2 aromatic rings. The van der Waals surface area contributed by atoms with Crippen molar-refractivity contribution in [2.24, 2.45) is 13.0 Å². The molecule has 3 N–H and O–H groups in total. The predicted molar refractivity (Wildman–Crippen MR) is 135 cm³/mol. The van der Waals surface area contributed by atoms with Gasteiger partial charge < -0.3 is 16.0 Å². The molecule has 36 heavy (non-hydrogen) atoms. The Morgan fingerprint density at radius 1 is 1.33 bits per heavy atom. The summed E-state index contributed by atoms with van der Waals surface area (Å²) >= 11 is 1.72. The van der Waals surface area contributed by atoms with E-state index in [4.69, 9.17) is 0 Å². The minimum Gasteiger partial charge on any atom is -0.350 e. The third kappa shape index (κ3) is 4.42. The number of alkyl halides is 1. The maximum Gasteiger partial charge on any atom is 0.257 e. The van der Waals surface area contributed by atoms with E-state index < -0.39 is 17.1 Å². The van der Waals surface area contributed by atoms with Gasteiger partial charge in [-0.15, -0.1) is 10.2 Å². The molecule has 1 unspecified atom stereocenters. The van der Waals surface area contributed by atoms with Gasteiger partial charge in [0.2, 0.25) is 11.9 Å². The van der Waals surface area contributed by atoms with Crippen LogP contribution in [0.15, 0.2) is 35.3 Å². The van der Waals surface area contributed by atoms with E-state index in [1.807, 2.05) is 19.1 Å². The molecule has 3 aliphatic rings. The number of thioether (sulfide) groups is 1. The summed E-state index contributed by atoms with van der Waals surface area (Å²) in [7, 11) is 1.80. The lowest BCUT2D eigenvalue weighted by atomic mass is 9.87. The summed E-state index contributed by atoms with van der Waals surface area (Å²) < 4.78 is 17.8. The van der Waals surface area contributed by atoms with Crippen molar-refractivity contribution in [3.63, 3.8) is 0 Å². The van der Waals surface area contributed by atoms with Crippen molar-refractivity contribution in [2.75, 3.05) is 23.4 Å². The van der Waals surface area contributed by atoms with Gasteiger partial charge in [-0.2, -0.15) is 16.9 Å². The van der Waals surface area contributed by atoms with Crippen LogP contribution in [-0.4, -0.2) is 60.1 Å². The summed E-state index contributed by atoms with van der Waals surface area (Å²) in [5.41, 5.74) is 0.0439. The van der Waals surface area contributed by atoms with Crippen LogP contribution in [0.3, 0.4) is 0 Å². The zero-order chi connectivity index (χ0) is 25.7. The number of nitrogens with zero attached hydrogens (tertiary/aromatic N) is 5. The maximum absolute atomic E-state index is 14.5. The number of rotatable bonds is 8. The van der Waals surface area contributed by atoms with E-state index in [9.17, 15) is 14.0 Å². The number of hydrogen-bond acceptors (Lipinski definition) is 7. The monoisotopic (exact) mass is 514 g/mol. The standard InChI is InChI=1S/C24H31FN8O2S/c1-14-9-19(32(4)31-14)29-22-30-27-13-33(22)24(21(35)26-12-23(2,3)25)17-11-36-8-7-16(17)10-18(24)28-20(34)15-5-6-15/h9-10,13,15H,5-8,11-12H2,1-4H3,(H,26,35)(H,28,34)(H,29,30). The van der Waals surface area contributed by atoms with Crippen LogP contribution >= 0.6 is 11.8 Å². The highest BCUT2D eigenvalue weighted by Crippen LogP contribution is 2.48. The predicted octanol–water partition coefficient (Wildman–Crippen LogP) is 2.48. The molecular weight excluding hydrogens is 483 g/mol. The number of carbonyl (C=O) groups is 2. The smallest absolute Gasteiger partial charge is 0.257 e. The number of amides is 2. The molecule has 0 radical (unpaired) electrons. The molecule has 10 nitrogen and oxygen atoms in total. The SMILES string of the molecule is Cc1cc(Nc2nncn2C2(C(=O)NCC(C)(C)F)C(NC(=O)C3CC3)=CC3=C2CSCC3)n(C)n1. The molecule has 0 saturated heterocycles. The second-order valence-electron chi connectivity index (χ2n) is 10.2.